The zero-order valence-electron chi connectivity index (χ0n) is 12.8. The van der Waals surface area contributed by atoms with Crippen LogP contribution in [0.3, 0.4) is 0 Å². The number of hydrogen-bond donors (Lipinski definition) is 1. The fourth-order valence-corrected chi connectivity index (χ4v) is 3.59. The van der Waals surface area contributed by atoms with Crippen LogP contribution in [0.2, 0.25) is 0 Å². The van der Waals surface area contributed by atoms with Gasteiger partial charge in [0, 0.05) is 36.1 Å². The summed E-state index contributed by atoms with van der Waals surface area (Å²) in [5.41, 5.74) is -0.0859. The van der Waals surface area contributed by atoms with Gasteiger partial charge in [0.2, 0.25) is 0 Å². The number of aromatic nitrogens is 1. The van der Waals surface area contributed by atoms with Crippen LogP contribution < -0.4 is 15.8 Å². The molecule has 0 unspecified atom stereocenters. The minimum atomic E-state index is -0.610. The van der Waals surface area contributed by atoms with E-state index in [4.69, 9.17) is 4.42 Å². The van der Waals surface area contributed by atoms with E-state index in [-0.39, 0.29) is 17.5 Å². The maximum Gasteiger partial charge on any atom is 0.349 e. The first-order chi connectivity index (χ1) is 11.7. The van der Waals surface area contributed by atoms with Gasteiger partial charge in [0.15, 0.2) is 5.13 Å². The molecule has 0 bridgehead atoms. The van der Waals surface area contributed by atoms with Crippen molar-refractivity contribution in [2.45, 2.75) is 12.5 Å². The summed E-state index contributed by atoms with van der Waals surface area (Å²) in [5.74, 6) is -0.388. The smallest absolute Gasteiger partial charge is 0.349 e. The number of amides is 1. The monoisotopic (exact) mass is 341 g/mol. The standard InChI is InChI=1S/C17H15N3O3S/c21-15(13-9-11-3-1-2-4-14(11)23-16(13)22)19-12-5-7-20(10-12)17-18-6-8-24-17/h1-4,6,8-9,12H,5,7,10H2,(H,19,21)/t12-/m0/s1. The molecule has 122 valence electrons. The molecular weight excluding hydrogens is 326 g/mol. The van der Waals surface area contributed by atoms with Crippen LogP contribution in [0.25, 0.3) is 11.0 Å². The number of nitrogens with one attached hydrogen (secondary N) is 1. The molecule has 1 aliphatic heterocycles. The molecule has 1 atom stereocenters. The molecule has 3 heterocycles. The van der Waals surface area contributed by atoms with Crippen molar-refractivity contribution < 1.29 is 9.21 Å². The van der Waals surface area contributed by atoms with Crippen LogP contribution in [0.5, 0.6) is 0 Å². The van der Waals surface area contributed by atoms with Gasteiger partial charge in [-0.3, -0.25) is 4.79 Å². The molecule has 1 saturated heterocycles. The van der Waals surface area contributed by atoms with E-state index in [1.807, 2.05) is 17.5 Å². The molecule has 3 aromatic rings. The van der Waals surface area contributed by atoms with Crippen molar-refractivity contribution in [3.8, 4) is 0 Å². The van der Waals surface area contributed by atoms with Gasteiger partial charge >= 0.3 is 5.63 Å². The molecule has 1 fully saturated rings. The molecule has 1 aromatic carbocycles. The van der Waals surface area contributed by atoms with Gasteiger partial charge in [-0.2, -0.15) is 0 Å². The Morgan fingerprint density at radius 1 is 1.38 bits per heavy atom. The molecule has 7 heteroatoms. The lowest BCUT2D eigenvalue weighted by Gasteiger charge is -2.15. The van der Waals surface area contributed by atoms with Crippen molar-refractivity contribution in [1.82, 2.24) is 10.3 Å². The normalized spacial score (nSPS) is 17.3. The molecule has 0 radical (unpaired) electrons. The fourth-order valence-electron chi connectivity index (χ4n) is 2.91. The van der Waals surface area contributed by atoms with Crippen LogP contribution in [0.15, 0.2) is 51.1 Å². The summed E-state index contributed by atoms with van der Waals surface area (Å²) >= 11 is 1.58. The topological polar surface area (TPSA) is 75.4 Å². The molecule has 0 aliphatic carbocycles. The second kappa shape index (κ2) is 6.09. The lowest BCUT2D eigenvalue weighted by Crippen LogP contribution is -2.38. The average Bonchev–Trinajstić information content (AvgIpc) is 3.25. The number of anilines is 1. The zero-order valence-corrected chi connectivity index (χ0v) is 13.6. The van der Waals surface area contributed by atoms with Crippen molar-refractivity contribution in [2.24, 2.45) is 0 Å². The lowest BCUT2D eigenvalue weighted by molar-refractivity contribution is 0.0937. The number of benzene rings is 1. The van der Waals surface area contributed by atoms with Gasteiger partial charge in [-0.05, 0) is 18.6 Å². The number of hydrogen-bond acceptors (Lipinski definition) is 6. The second-order valence-electron chi connectivity index (χ2n) is 5.71. The molecule has 1 aliphatic rings. The molecule has 6 nitrogen and oxygen atoms in total. The number of carbonyl (C=O) groups is 1. The molecule has 4 rings (SSSR count). The number of para-hydroxylation sites is 1. The summed E-state index contributed by atoms with van der Waals surface area (Å²) in [6.45, 7) is 1.53. The van der Waals surface area contributed by atoms with E-state index < -0.39 is 5.63 Å². The van der Waals surface area contributed by atoms with Gasteiger partial charge in [0.25, 0.3) is 5.91 Å². The van der Waals surface area contributed by atoms with E-state index >= 15 is 0 Å². The quantitative estimate of drug-likeness (QED) is 0.740. The Morgan fingerprint density at radius 2 is 2.25 bits per heavy atom. The van der Waals surface area contributed by atoms with Crippen molar-refractivity contribution >= 4 is 33.3 Å². The van der Waals surface area contributed by atoms with Crippen LogP contribution in [-0.2, 0) is 0 Å². The van der Waals surface area contributed by atoms with Gasteiger partial charge in [0.05, 0.1) is 0 Å². The fraction of sp³-hybridized carbons (Fsp3) is 0.235. The number of carbonyl (C=O) groups excluding carboxylic acids is 1. The van der Waals surface area contributed by atoms with E-state index in [0.717, 1.165) is 23.5 Å². The van der Waals surface area contributed by atoms with Crippen LogP contribution in [0, 0.1) is 0 Å². The maximum atomic E-state index is 12.5. The third-order valence-electron chi connectivity index (χ3n) is 4.10. The highest BCUT2D eigenvalue weighted by molar-refractivity contribution is 7.13. The van der Waals surface area contributed by atoms with Crippen LogP contribution in [-0.4, -0.2) is 30.0 Å². The van der Waals surface area contributed by atoms with Gasteiger partial charge in [-0.25, -0.2) is 9.78 Å². The Morgan fingerprint density at radius 3 is 3.08 bits per heavy atom. The summed E-state index contributed by atoms with van der Waals surface area (Å²) < 4.78 is 5.22. The Bertz CT molecular complexity index is 936. The SMILES string of the molecule is O=C(N[C@H]1CCN(c2nccs2)C1)c1cc2ccccc2oc1=O. The van der Waals surface area contributed by atoms with Crippen LogP contribution in [0.4, 0.5) is 5.13 Å². The van der Waals surface area contributed by atoms with Crippen molar-refractivity contribution in [3.05, 3.63) is 57.9 Å². The Hall–Kier alpha value is -2.67. The van der Waals surface area contributed by atoms with E-state index in [0.29, 0.717) is 12.1 Å². The van der Waals surface area contributed by atoms with Crippen LogP contribution in [0.1, 0.15) is 16.8 Å². The summed E-state index contributed by atoms with van der Waals surface area (Å²) in [4.78, 5) is 30.9. The first-order valence-electron chi connectivity index (χ1n) is 7.69. The van der Waals surface area contributed by atoms with Crippen molar-refractivity contribution in [1.29, 1.82) is 0 Å². The van der Waals surface area contributed by atoms with E-state index in [1.165, 1.54) is 0 Å². The average molecular weight is 341 g/mol. The van der Waals surface area contributed by atoms with E-state index in [9.17, 15) is 9.59 Å². The number of thiazole rings is 1. The first kappa shape index (κ1) is 14.9. The van der Waals surface area contributed by atoms with Gasteiger partial charge in [0.1, 0.15) is 11.1 Å². The summed E-state index contributed by atoms with van der Waals surface area (Å²) in [7, 11) is 0. The van der Waals surface area contributed by atoms with E-state index in [1.54, 1.807) is 35.7 Å². The highest BCUT2D eigenvalue weighted by Crippen LogP contribution is 2.22. The molecule has 1 N–H and O–H groups in total. The molecule has 2 aromatic heterocycles. The Balaban J connectivity index is 1.51. The minimum Gasteiger partial charge on any atom is -0.422 e. The zero-order chi connectivity index (χ0) is 16.5. The third-order valence-corrected chi connectivity index (χ3v) is 4.93. The van der Waals surface area contributed by atoms with Gasteiger partial charge in [-0.15, -0.1) is 11.3 Å². The Labute approximate surface area is 141 Å². The second-order valence-corrected chi connectivity index (χ2v) is 6.58. The van der Waals surface area contributed by atoms with Crippen molar-refractivity contribution in [2.75, 3.05) is 18.0 Å². The summed E-state index contributed by atoms with van der Waals surface area (Å²) in [6.07, 6.45) is 2.59. The van der Waals surface area contributed by atoms with Crippen molar-refractivity contribution in [3.63, 3.8) is 0 Å². The molecule has 24 heavy (non-hydrogen) atoms. The van der Waals surface area contributed by atoms with Gasteiger partial charge in [-0.1, -0.05) is 18.2 Å². The largest absolute Gasteiger partial charge is 0.422 e. The highest BCUT2D eigenvalue weighted by Gasteiger charge is 2.26. The molecule has 1 amide bonds. The number of rotatable bonds is 3. The third kappa shape index (κ3) is 2.78. The predicted molar refractivity (Wildman–Crippen MR) is 92.7 cm³/mol. The van der Waals surface area contributed by atoms with Crippen LogP contribution >= 0.6 is 11.3 Å². The lowest BCUT2D eigenvalue weighted by atomic mass is 10.1. The summed E-state index contributed by atoms with van der Waals surface area (Å²) in [6, 6.07) is 8.73. The number of nitrogens with zero attached hydrogens (tertiary/aromatic N) is 2. The number of fused-ring (bicyclic) bond motifs is 1. The highest BCUT2D eigenvalue weighted by atomic mass is 32.1. The van der Waals surface area contributed by atoms with E-state index in [2.05, 4.69) is 15.2 Å². The molecule has 0 spiro atoms. The Kier molecular flexibility index (Phi) is 3.78. The molecule has 0 saturated carbocycles. The predicted octanol–water partition coefficient (Wildman–Crippen LogP) is 2.26. The summed E-state index contributed by atoms with van der Waals surface area (Å²) in [5, 5.41) is 6.55. The molecular formula is C17H15N3O3S. The minimum absolute atomic E-state index is 0.00716. The maximum absolute atomic E-state index is 12.5. The van der Waals surface area contributed by atoms with Gasteiger partial charge < -0.3 is 14.6 Å². The first-order valence-corrected chi connectivity index (χ1v) is 8.57.